The Bertz CT molecular complexity index is 371. The fraction of sp³-hybridized carbons (Fsp3) is 0.727. The molecular formula is C11H19N3O4. The molecule has 1 amide bonds. The van der Waals surface area contributed by atoms with Crippen molar-refractivity contribution in [3.8, 4) is 0 Å². The van der Waals surface area contributed by atoms with E-state index in [9.17, 15) is 14.4 Å². The summed E-state index contributed by atoms with van der Waals surface area (Å²) in [6.07, 6.45) is 1.40. The number of ketones is 1. The Morgan fingerprint density at radius 2 is 2.00 bits per heavy atom. The maximum Gasteiger partial charge on any atom is 0.324 e. The highest BCUT2D eigenvalue weighted by molar-refractivity contribution is 5.94. The molecule has 0 spiro atoms. The zero-order chi connectivity index (χ0) is 13.9. The van der Waals surface area contributed by atoms with Gasteiger partial charge in [-0.15, -0.1) is 0 Å². The average molecular weight is 257 g/mol. The van der Waals surface area contributed by atoms with Crippen LogP contribution in [0, 0.1) is 5.92 Å². The third-order valence-electron chi connectivity index (χ3n) is 3.51. The molecule has 18 heavy (non-hydrogen) atoms. The summed E-state index contributed by atoms with van der Waals surface area (Å²) in [4.78, 5) is 33.8. The second kappa shape index (κ2) is 5.45. The van der Waals surface area contributed by atoms with Crippen LogP contribution in [0.2, 0.25) is 0 Å². The number of hydrogen-bond acceptors (Lipinski definition) is 5. The zero-order valence-electron chi connectivity index (χ0n) is 10.1. The Morgan fingerprint density at radius 3 is 2.50 bits per heavy atom. The van der Waals surface area contributed by atoms with E-state index in [1.54, 1.807) is 0 Å². The molecule has 1 rings (SSSR count). The summed E-state index contributed by atoms with van der Waals surface area (Å²) in [5.74, 6) is -2.89. The van der Waals surface area contributed by atoms with Gasteiger partial charge in [0.1, 0.15) is 5.54 Å². The number of aliphatic carboxylic acids is 1. The molecule has 7 heteroatoms. The van der Waals surface area contributed by atoms with Crippen molar-refractivity contribution in [2.24, 2.45) is 23.1 Å². The summed E-state index contributed by atoms with van der Waals surface area (Å²) in [7, 11) is 0. The first kappa shape index (κ1) is 14.6. The second-order valence-corrected chi connectivity index (χ2v) is 4.80. The number of primary amides is 1. The summed E-state index contributed by atoms with van der Waals surface area (Å²) in [6.45, 7) is 0. The quantitative estimate of drug-likeness (QED) is 0.466. The molecule has 0 heterocycles. The molecule has 1 fully saturated rings. The van der Waals surface area contributed by atoms with E-state index < -0.39 is 35.2 Å². The van der Waals surface area contributed by atoms with Gasteiger partial charge in [-0.1, -0.05) is 6.42 Å². The van der Waals surface area contributed by atoms with Crippen LogP contribution in [-0.2, 0) is 14.4 Å². The minimum Gasteiger partial charge on any atom is -0.480 e. The number of carboxylic acids is 1. The topological polar surface area (TPSA) is 150 Å². The van der Waals surface area contributed by atoms with Gasteiger partial charge in [-0.05, 0) is 19.3 Å². The molecule has 102 valence electrons. The van der Waals surface area contributed by atoms with E-state index >= 15 is 0 Å². The van der Waals surface area contributed by atoms with Crippen LogP contribution in [0.25, 0.3) is 0 Å². The molecular weight excluding hydrogens is 238 g/mol. The van der Waals surface area contributed by atoms with Gasteiger partial charge in [-0.3, -0.25) is 14.4 Å². The Balaban J connectivity index is 2.71. The molecule has 1 aliphatic rings. The fourth-order valence-electron chi connectivity index (χ4n) is 2.38. The fourth-order valence-corrected chi connectivity index (χ4v) is 2.38. The standard InChI is InChI=1S/C11H19N3O4/c12-7(3-4-8(13)15)9(16)6-2-1-5-11(6,14)10(17)18/h6-7H,1-5,12,14H2,(H2,13,15)(H,17,18)/t6?,7-,11?/m0/s1. The molecule has 1 saturated carbocycles. The van der Waals surface area contributed by atoms with E-state index in [1.807, 2.05) is 0 Å². The lowest BCUT2D eigenvalue weighted by Crippen LogP contribution is -2.56. The highest BCUT2D eigenvalue weighted by Gasteiger charge is 2.50. The van der Waals surface area contributed by atoms with E-state index in [-0.39, 0.29) is 19.3 Å². The van der Waals surface area contributed by atoms with Crippen LogP contribution in [-0.4, -0.2) is 34.3 Å². The van der Waals surface area contributed by atoms with Gasteiger partial charge in [0.05, 0.1) is 6.04 Å². The van der Waals surface area contributed by atoms with Crippen molar-refractivity contribution in [1.82, 2.24) is 0 Å². The maximum absolute atomic E-state index is 12.1. The molecule has 7 N–H and O–H groups in total. The van der Waals surface area contributed by atoms with Gasteiger partial charge in [0, 0.05) is 12.3 Å². The number of nitrogens with two attached hydrogens (primary N) is 3. The molecule has 2 unspecified atom stereocenters. The monoisotopic (exact) mass is 257 g/mol. The Hall–Kier alpha value is -1.47. The Morgan fingerprint density at radius 1 is 1.39 bits per heavy atom. The molecule has 0 aromatic rings. The first-order chi connectivity index (χ1) is 8.29. The highest BCUT2D eigenvalue weighted by atomic mass is 16.4. The van der Waals surface area contributed by atoms with E-state index in [1.165, 1.54) is 0 Å². The first-order valence-corrected chi connectivity index (χ1v) is 5.89. The molecule has 3 atom stereocenters. The van der Waals surface area contributed by atoms with Crippen molar-refractivity contribution in [3.05, 3.63) is 0 Å². The first-order valence-electron chi connectivity index (χ1n) is 5.89. The van der Waals surface area contributed by atoms with Crippen molar-refractivity contribution in [2.75, 3.05) is 0 Å². The number of carbonyl (C=O) groups excluding carboxylic acids is 2. The highest BCUT2D eigenvalue weighted by Crippen LogP contribution is 2.35. The van der Waals surface area contributed by atoms with Gasteiger partial charge in [0.15, 0.2) is 5.78 Å². The van der Waals surface area contributed by atoms with Crippen LogP contribution in [0.5, 0.6) is 0 Å². The minimum atomic E-state index is -1.53. The third-order valence-corrected chi connectivity index (χ3v) is 3.51. The summed E-state index contributed by atoms with van der Waals surface area (Å²) in [5.41, 5.74) is 14.9. The van der Waals surface area contributed by atoms with Crippen LogP contribution in [0.4, 0.5) is 0 Å². The molecule has 1 aliphatic carbocycles. The summed E-state index contributed by atoms with van der Waals surface area (Å²) >= 11 is 0. The molecule has 0 saturated heterocycles. The van der Waals surface area contributed by atoms with E-state index in [0.717, 1.165) is 0 Å². The molecule has 0 radical (unpaired) electrons. The predicted molar refractivity (Wildman–Crippen MR) is 63.3 cm³/mol. The van der Waals surface area contributed by atoms with E-state index in [2.05, 4.69) is 0 Å². The SMILES string of the molecule is NC(=O)CC[C@H](N)C(=O)C1CCCC1(N)C(=O)O. The largest absolute Gasteiger partial charge is 0.480 e. The lowest BCUT2D eigenvalue weighted by atomic mass is 9.82. The predicted octanol–water partition coefficient (Wildman–Crippen LogP) is -1.27. The molecule has 0 aromatic heterocycles. The lowest BCUT2D eigenvalue weighted by molar-refractivity contribution is -0.147. The van der Waals surface area contributed by atoms with Crippen molar-refractivity contribution in [1.29, 1.82) is 0 Å². The van der Waals surface area contributed by atoms with Gasteiger partial charge >= 0.3 is 5.97 Å². The number of carbonyl (C=O) groups is 3. The third kappa shape index (κ3) is 2.85. The van der Waals surface area contributed by atoms with Crippen LogP contribution >= 0.6 is 0 Å². The average Bonchev–Trinajstić information content (AvgIpc) is 2.68. The van der Waals surface area contributed by atoms with Crippen molar-refractivity contribution < 1.29 is 19.5 Å². The summed E-state index contributed by atoms with van der Waals surface area (Å²) in [5, 5.41) is 9.10. The van der Waals surface area contributed by atoms with Gasteiger partial charge in [-0.25, -0.2) is 0 Å². The van der Waals surface area contributed by atoms with Gasteiger partial charge < -0.3 is 22.3 Å². The minimum absolute atomic E-state index is 0.00424. The van der Waals surface area contributed by atoms with Crippen molar-refractivity contribution >= 4 is 17.7 Å². The maximum atomic E-state index is 12.1. The van der Waals surface area contributed by atoms with Crippen LogP contribution in [0.3, 0.4) is 0 Å². The zero-order valence-corrected chi connectivity index (χ0v) is 10.1. The number of hydrogen-bond donors (Lipinski definition) is 4. The van der Waals surface area contributed by atoms with Gasteiger partial charge in [0.25, 0.3) is 0 Å². The van der Waals surface area contributed by atoms with Crippen molar-refractivity contribution in [3.63, 3.8) is 0 Å². The van der Waals surface area contributed by atoms with Gasteiger partial charge in [0.2, 0.25) is 5.91 Å². The number of rotatable bonds is 6. The number of carboxylic acid groups (broad SMARTS) is 1. The molecule has 7 nitrogen and oxygen atoms in total. The Kier molecular flexibility index (Phi) is 4.42. The van der Waals surface area contributed by atoms with Gasteiger partial charge in [-0.2, -0.15) is 0 Å². The molecule has 0 aliphatic heterocycles. The molecule has 0 bridgehead atoms. The van der Waals surface area contributed by atoms with Crippen LogP contribution < -0.4 is 17.2 Å². The lowest BCUT2D eigenvalue weighted by Gasteiger charge is -2.27. The number of amides is 1. The van der Waals surface area contributed by atoms with Crippen molar-refractivity contribution in [2.45, 2.75) is 43.7 Å². The summed E-state index contributed by atoms with van der Waals surface area (Å²) < 4.78 is 0. The van der Waals surface area contributed by atoms with Crippen LogP contribution in [0.15, 0.2) is 0 Å². The smallest absolute Gasteiger partial charge is 0.324 e. The van der Waals surface area contributed by atoms with Crippen LogP contribution in [0.1, 0.15) is 32.1 Å². The Labute approximate surface area is 105 Å². The van der Waals surface area contributed by atoms with E-state index in [4.69, 9.17) is 22.3 Å². The second-order valence-electron chi connectivity index (χ2n) is 4.80. The summed E-state index contributed by atoms with van der Waals surface area (Å²) in [6, 6.07) is -0.886. The normalized spacial score (nSPS) is 28.9. The number of Topliss-reactive ketones (excluding diaryl/α,β-unsaturated/α-hetero) is 1. The van der Waals surface area contributed by atoms with E-state index in [0.29, 0.717) is 12.8 Å². The molecule has 0 aromatic carbocycles.